The number of nitrogens with one attached hydrogen (secondary N) is 3. The summed E-state index contributed by atoms with van der Waals surface area (Å²) in [5, 5.41) is 6.52. The Morgan fingerprint density at radius 1 is 1.35 bits per heavy atom. The van der Waals surface area contributed by atoms with E-state index in [1.165, 1.54) is 12.8 Å². The van der Waals surface area contributed by atoms with Crippen LogP contribution in [0.2, 0.25) is 0 Å². The van der Waals surface area contributed by atoms with Crippen LogP contribution in [0.15, 0.2) is 27.8 Å². The lowest BCUT2D eigenvalue weighted by Gasteiger charge is -2.28. The van der Waals surface area contributed by atoms with Crippen molar-refractivity contribution in [2.75, 3.05) is 39.5 Å². The van der Waals surface area contributed by atoms with Gasteiger partial charge in [-0.15, -0.1) is 0 Å². The predicted molar refractivity (Wildman–Crippen MR) is 104 cm³/mol. The molecule has 0 amide bonds. The van der Waals surface area contributed by atoms with Crippen molar-refractivity contribution in [3.8, 4) is 0 Å². The largest absolute Gasteiger partial charge is 0.468 e. The first-order valence-electron chi connectivity index (χ1n) is 8.91. The van der Waals surface area contributed by atoms with E-state index in [-0.39, 0.29) is 6.04 Å². The van der Waals surface area contributed by atoms with Gasteiger partial charge in [0.25, 0.3) is 0 Å². The smallest absolute Gasteiger partial charge is 0.209 e. The molecule has 2 heterocycles. The molecule has 2 rings (SSSR count). The van der Waals surface area contributed by atoms with Gasteiger partial charge in [0, 0.05) is 25.7 Å². The first kappa shape index (κ1) is 20.7. The molecule has 1 unspecified atom stereocenters. The lowest BCUT2D eigenvalue weighted by Crippen LogP contribution is -2.53. The van der Waals surface area contributed by atoms with Gasteiger partial charge >= 0.3 is 0 Å². The van der Waals surface area contributed by atoms with Crippen LogP contribution in [0.1, 0.15) is 38.5 Å². The number of furan rings is 1. The molecule has 0 saturated carbocycles. The second kappa shape index (κ2) is 8.88. The van der Waals surface area contributed by atoms with Gasteiger partial charge in [0.15, 0.2) is 5.96 Å². The molecule has 9 heteroatoms. The van der Waals surface area contributed by atoms with E-state index < -0.39 is 15.6 Å². The standard InChI is InChI=1S/C17H31N5O3S/c1-17(2,21-26(4,23)24)13-20-16(18-3)19-12-14(15-8-7-11-25-15)22-9-5-6-10-22/h7-8,11,14,21H,5-6,9-10,12-13H2,1-4H3,(H2,18,19,20). The predicted octanol–water partition coefficient (Wildman–Crippen LogP) is 0.909. The van der Waals surface area contributed by atoms with E-state index in [1.807, 2.05) is 26.0 Å². The lowest BCUT2D eigenvalue weighted by molar-refractivity contribution is 0.215. The van der Waals surface area contributed by atoms with Gasteiger partial charge in [-0.2, -0.15) is 0 Å². The molecular formula is C17H31N5O3S. The van der Waals surface area contributed by atoms with Gasteiger partial charge in [0.2, 0.25) is 10.0 Å². The normalized spacial score (nSPS) is 18.1. The third-order valence-corrected chi connectivity index (χ3v) is 5.22. The number of nitrogens with zero attached hydrogens (tertiary/aromatic N) is 2. The van der Waals surface area contributed by atoms with Crippen LogP contribution in [0, 0.1) is 0 Å². The Labute approximate surface area is 156 Å². The molecule has 0 spiro atoms. The Kier molecular flexibility index (Phi) is 7.08. The van der Waals surface area contributed by atoms with Gasteiger partial charge in [0.1, 0.15) is 5.76 Å². The summed E-state index contributed by atoms with van der Waals surface area (Å²) in [6, 6.07) is 4.05. The number of sulfonamides is 1. The van der Waals surface area contributed by atoms with E-state index >= 15 is 0 Å². The fraction of sp³-hybridized carbons (Fsp3) is 0.706. The Bertz CT molecular complexity index is 679. The van der Waals surface area contributed by atoms with Crippen LogP contribution in [0.5, 0.6) is 0 Å². The van der Waals surface area contributed by atoms with Crippen molar-refractivity contribution >= 4 is 16.0 Å². The van der Waals surface area contributed by atoms with Crippen molar-refractivity contribution < 1.29 is 12.8 Å². The molecule has 3 N–H and O–H groups in total. The Hall–Kier alpha value is -1.58. The zero-order valence-corrected chi connectivity index (χ0v) is 16.9. The maximum atomic E-state index is 11.5. The van der Waals surface area contributed by atoms with E-state index in [0.29, 0.717) is 19.0 Å². The van der Waals surface area contributed by atoms with Gasteiger partial charge in [-0.1, -0.05) is 0 Å². The topological polar surface area (TPSA) is 99.0 Å². The molecular weight excluding hydrogens is 354 g/mol. The Morgan fingerprint density at radius 3 is 2.58 bits per heavy atom. The van der Waals surface area contributed by atoms with Gasteiger partial charge < -0.3 is 15.1 Å². The van der Waals surface area contributed by atoms with Crippen molar-refractivity contribution in [2.45, 2.75) is 38.3 Å². The molecule has 8 nitrogen and oxygen atoms in total. The molecule has 26 heavy (non-hydrogen) atoms. The zero-order chi connectivity index (χ0) is 19.2. The van der Waals surface area contributed by atoms with Crippen LogP contribution in [0.4, 0.5) is 0 Å². The lowest BCUT2D eigenvalue weighted by atomic mass is 10.1. The van der Waals surface area contributed by atoms with Crippen molar-refractivity contribution in [2.24, 2.45) is 4.99 Å². The first-order chi connectivity index (χ1) is 12.2. The van der Waals surface area contributed by atoms with Crippen LogP contribution < -0.4 is 15.4 Å². The quantitative estimate of drug-likeness (QED) is 0.454. The van der Waals surface area contributed by atoms with Crippen LogP contribution in [0.25, 0.3) is 0 Å². The van der Waals surface area contributed by atoms with Crippen molar-refractivity contribution in [3.63, 3.8) is 0 Å². The van der Waals surface area contributed by atoms with E-state index in [1.54, 1.807) is 13.3 Å². The highest BCUT2D eigenvalue weighted by molar-refractivity contribution is 7.88. The van der Waals surface area contributed by atoms with Crippen LogP contribution >= 0.6 is 0 Å². The molecule has 1 aromatic heterocycles. The van der Waals surface area contributed by atoms with E-state index in [9.17, 15) is 8.42 Å². The molecule has 1 saturated heterocycles. The van der Waals surface area contributed by atoms with Crippen molar-refractivity contribution in [3.05, 3.63) is 24.2 Å². The summed E-state index contributed by atoms with van der Waals surface area (Å²) >= 11 is 0. The highest BCUT2D eigenvalue weighted by Crippen LogP contribution is 2.24. The van der Waals surface area contributed by atoms with Crippen LogP contribution in [0.3, 0.4) is 0 Å². The SMILES string of the molecule is CN=C(NCC(c1ccco1)N1CCCC1)NCC(C)(C)NS(C)(=O)=O. The van der Waals surface area contributed by atoms with Crippen LogP contribution in [-0.4, -0.2) is 64.3 Å². The third kappa shape index (κ3) is 6.62. The van der Waals surface area contributed by atoms with Crippen molar-refractivity contribution in [1.29, 1.82) is 0 Å². The second-order valence-corrected chi connectivity index (χ2v) is 9.09. The third-order valence-electron chi connectivity index (χ3n) is 4.30. The molecule has 1 aromatic rings. The van der Waals surface area contributed by atoms with Gasteiger partial charge in [0.05, 0.1) is 18.6 Å². The number of hydrogen-bond donors (Lipinski definition) is 3. The van der Waals surface area contributed by atoms with E-state index in [2.05, 4.69) is 25.2 Å². The summed E-state index contributed by atoms with van der Waals surface area (Å²) < 4.78 is 31.1. The zero-order valence-electron chi connectivity index (χ0n) is 16.1. The molecule has 1 aliphatic heterocycles. The fourth-order valence-electron chi connectivity index (χ4n) is 3.20. The minimum Gasteiger partial charge on any atom is -0.468 e. The molecule has 0 bridgehead atoms. The van der Waals surface area contributed by atoms with Gasteiger partial charge in [-0.3, -0.25) is 9.89 Å². The summed E-state index contributed by atoms with van der Waals surface area (Å²) in [5.74, 6) is 1.57. The molecule has 0 radical (unpaired) electrons. The summed E-state index contributed by atoms with van der Waals surface area (Å²) in [4.78, 5) is 6.65. The summed E-state index contributed by atoms with van der Waals surface area (Å²) in [7, 11) is -1.57. The van der Waals surface area contributed by atoms with E-state index in [4.69, 9.17) is 4.42 Å². The maximum Gasteiger partial charge on any atom is 0.209 e. The second-order valence-electron chi connectivity index (χ2n) is 7.34. The molecule has 1 aliphatic rings. The summed E-state index contributed by atoms with van der Waals surface area (Å²) in [6.07, 6.45) is 5.27. The number of aliphatic imine (C=N–C) groups is 1. The average molecular weight is 386 g/mol. The molecule has 0 aromatic carbocycles. The minimum atomic E-state index is -3.27. The summed E-state index contributed by atoms with van der Waals surface area (Å²) in [6.45, 7) is 6.84. The number of likely N-dealkylation sites (tertiary alicyclic amines) is 1. The Morgan fingerprint density at radius 2 is 2.04 bits per heavy atom. The fourth-order valence-corrected chi connectivity index (χ4v) is 4.28. The van der Waals surface area contributed by atoms with Gasteiger partial charge in [-0.25, -0.2) is 13.1 Å². The first-order valence-corrected chi connectivity index (χ1v) is 10.8. The van der Waals surface area contributed by atoms with Gasteiger partial charge in [-0.05, 0) is 51.9 Å². The molecule has 1 fully saturated rings. The van der Waals surface area contributed by atoms with Crippen LogP contribution in [-0.2, 0) is 10.0 Å². The molecule has 1 atom stereocenters. The number of hydrogen-bond acceptors (Lipinski definition) is 5. The number of rotatable bonds is 8. The number of guanidine groups is 1. The monoisotopic (exact) mass is 385 g/mol. The average Bonchev–Trinajstić information content (AvgIpc) is 3.22. The highest BCUT2D eigenvalue weighted by Gasteiger charge is 2.26. The maximum absolute atomic E-state index is 11.5. The van der Waals surface area contributed by atoms with E-state index in [0.717, 1.165) is 25.1 Å². The summed E-state index contributed by atoms with van der Waals surface area (Å²) in [5.41, 5.74) is -0.624. The Balaban J connectivity index is 1.92. The molecule has 148 valence electrons. The van der Waals surface area contributed by atoms with Crippen molar-refractivity contribution in [1.82, 2.24) is 20.3 Å². The molecule has 0 aliphatic carbocycles. The highest BCUT2D eigenvalue weighted by atomic mass is 32.2. The minimum absolute atomic E-state index is 0.146.